The van der Waals surface area contributed by atoms with Gasteiger partial charge in [-0.1, -0.05) is 19.0 Å². The molecule has 0 bridgehead atoms. The molecule has 0 unspecified atom stereocenters. The van der Waals surface area contributed by atoms with Crippen LogP contribution < -0.4 is 5.32 Å². The van der Waals surface area contributed by atoms with Crippen LogP contribution in [0.5, 0.6) is 0 Å². The first kappa shape index (κ1) is 10.5. The van der Waals surface area contributed by atoms with Crippen LogP contribution in [0.2, 0.25) is 0 Å². The van der Waals surface area contributed by atoms with E-state index < -0.39 is 0 Å². The largest absolute Gasteiger partial charge is 0.338 e. The Morgan fingerprint density at radius 1 is 1.46 bits per heavy atom. The molecule has 0 aliphatic carbocycles. The van der Waals surface area contributed by atoms with E-state index in [1.807, 2.05) is 6.92 Å². The predicted octanol–water partition coefficient (Wildman–Crippen LogP) is 1.43. The van der Waals surface area contributed by atoms with E-state index in [0.29, 0.717) is 12.4 Å². The number of hydrogen-bond donors (Lipinski definition) is 1. The molecule has 0 saturated carbocycles. The second-order valence-corrected chi connectivity index (χ2v) is 3.80. The third kappa shape index (κ3) is 3.78. The zero-order valence-electron chi connectivity index (χ0n) is 8.04. The van der Waals surface area contributed by atoms with Gasteiger partial charge in [0.05, 0.1) is 12.3 Å². The number of aromatic nitrogens is 2. The summed E-state index contributed by atoms with van der Waals surface area (Å²) in [5.74, 6) is 3.39. The predicted molar refractivity (Wildman–Crippen MR) is 53.5 cm³/mol. The van der Waals surface area contributed by atoms with Gasteiger partial charge in [0.15, 0.2) is 5.82 Å². The molecule has 1 aromatic rings. The van der Waals surface area contributed by atoms with Crippen molar-refractivity contribution in [2.45, 2.75) is 26.1 Å². The normalized spacial score (nSPS) is 10.6. The molecule has 0 spiro atoms. The van der Waals surface area contributed by atoms with Crippen molar-refractivity contribution in [2.75, 3.05) is 12.3 Å². The zero-order valence-corrected chi connectivity index (χ0v) is 8.86. The Balaban J connectivity index is 2.34. The Kier molecular flexibility index (Phi) is 4.85. The minimum absolute atomic E-state index is 0.667. The highest BCUT2D eigenvalue weighted by Crippen LogP contribution is 2.08. The molecule has 5 heteroatoms. The third-order valence-electron chi connectivity index (χ3n) is 1.47. The van der Waals surface area contributed by atoms with Crippen molar-refractivity contribution in [3.63, 3.8) is 0 Å². The lowest BCUT2D eigenvalue weighted by atomic mass is 10.6. The second kappa shape index (κ2) is 5.99. The topological polar surface area (TPSA) is 51.0 Å². The molecule has 0 aliphatic rings. The quantitative estimate of drug-likeness (QED) is 0.754. The van der Waals surface area contributed by atoms with Crippen molar-refractivity contribution in [2.24, 2.45) is 0 Å². The van der Waals surface area contributed by atoms with Gasteiger partial charge < -0.3 is 9.84 Å². The third-order valence-corrected chi connectivity index (χ3v) is 2.34. The fourth-order valence-corrected chi connectivity index (χ4v) is 1.35. The Morgan fingerprint density at radius 2 is 2.31 bits per heavy atom. The maximum Gasteiger partial charge on any atom is 0.240 e. The average Bonchev–Trinajstić information content (AvgIpc) is 2.59. The summed E-state index contributed by atoms with van der Waals surface area (Å²) in [6, 6.07) is 0. The number of rotatable bonds is 6. The van der Waals surface area contributed by atoms with Crippen molar-refractivity contribution in [1.82, 2.24) is 15.5 Å². The first-order chi connectivity index (χ1) is 6.36. The number of thioether (sulfide) groups is 1. The van der Waals surface area contributed by atoms with Gasteiger partial charge >= 0.3 is 0 Å². The fraction of sp³-hybridized carbons (Fsp3) is 0.750. The van der Waals surface area contributed by atoms with Crippen LogP contribution in [0.1, 0.15) is 25.6 Å². The minimum Gasteiger partial charge on any atom is -0.338 e. The van der Waals surface area contributed by atoms with E-state index >= 15 is 0 Å². The molecule has 0 fully saturated rings. The van der Waals surface area contributed by atoms with Gasteiger partial charge in [-0.3, -0.25) is 0 Å². The molecule has 1 heterocycles. The van der Waals surface area contributed by atoms with E-state index in [0.717, 1.165) is 23.9 Å². The van der Waals surface area contributed by atoms with Crippen molar-refractivity contribution >= 4 is 11.8 Å². The summed E-state index contributed by atoms with van der Waals surface area (Å²) in [5, 5.41) is 6.99. The minimum atomic E-state index is 0.667. The Hall–Kier alpha value is -0.550. The molecule has 0 saturated heterocycles. The second-order valence-electron chi connectivity index (χ2n) is 2.52. The van der Waals surface area contributed by atoms with Crippen LogP contribution >= 0.6 is 11.8 Å². The molecule has 0 radical (unpaired) electrons. The molecule has 1 rings (SSSR count). The van der Waals surface area contributed by atoms with Crippen LogP contribution in [0.25, 0.3) is 0 Å². The molecule has 0 aliphatic heterocycles. The summed E-state index contributed by atoms with van der Waals surface area (Å²) in [6.45, 7) is 5.75. The molecule has 1 aromatic heterocycles. The molecule has 13 heavy (non-hydrogen) atoms. The number of nitrogens with one attached hydrogen (secondary N) is 1. The highest BCUT2D eigenvalue weighted by Gasteiger charge is 2.04. The smallest absolute Gasteiger partial charge is 0.240 e. The van der Waals surface area contributed by atoms with Crippen LogP contribution in [-0.4, -0.2) is 22.4 Å². The van der Waals surface area contributed by atoms with Crippen LogP contribution in [-0.2, 0) is 12.3 Å². The molecule has 4 nitrogen and oxygen atoms in total. The fourth-order valence-electron chi connectivity index (χ4n) is 0.846. The van der Waals surface area contributed by atoms with Crippen LogP contribution in [0.15, 0.2) is 4.52 Å². The van der Waals surface area contributed by atoms with Gasteiger partial charge in [0.1, 0.15) is 0 Å². The van der Waals surface area contributed by atoms with Gasteiger partial charge in [0.2, 0.25) is 5.89 Å². The van der Waals surface area contributed by atoms with Gasteiger partial charge in [0, 0.05) is 0 Å². The van der Waals surface area contributed by atoms with Crippen molar-refractivity contribution < 1.29 is 4.52 Å². The van der Waals surface area contributed by atoms with Crippen LogP contribution in [0.4, 0.5) is 0 Å². The van der Waals surface area contributed by atoms with Crippen LogP contribution in [0, 0.1) is 0 Å². The molecule has 0 atom stereocenters. The Morgan fingerprint density at radius 3 is 3.00 bits per heavy atom. The summed E-state index contributed by atoms with van der Waals surface area (Å²) in [5.41, 5.74) is 0. The molecule has 0 aromatic carbocycles. The van der Waals surface area contributed by atoms with E-state index in [4.69, 9.17) is 4.52 Å². The zero-order chi connectivity index (χ0) is 9.52. The lowest BCUT2D eigenvalue weighted by Gasteiger charge is -1.92. The standard InChI is InChI=1S/C8H15N3OS/c1-3-9-5-8-10-7(11-12-8)6-13-4-2/h9H,3-6H2,1-2H3. The first-order valence-corrected chi connectivity index (χ1v) is 5.62. The summed E-state index contributed by atoms with van der Waals surface area (Å²) in [7, 11) is 0. The van der Waals surface area contributed by atoms with Gasteiger partial charge in [-0.25, -0.2) is 0 Å². The molecule has 0 amide bonds. The van der Waals surface area contributed by atoms with Gasteiger partial charge in [0.25, 0.3) is 0 Å². The molecule has 74 valence electrons. The Bertz CT molecular complexity index is 217. The highest BCUT2D eigenvalue weighted by molar-refractivity contribution is 7.98. The van der Waals surface area contributed by atoms with E-state index in [-0.39, 0.29) is 0 Å². The van der Waals surface area contributed by atoms with E-state index in [9.17, 15) is 0 Å². The maximum absolute atomic E-state index is 5.03. The lowest BCUT2D eigenvalue weighted by molar-refractivity contribution is 0.365. The van der Waals surface area contributed by atoms with Gasteiger partial charge in [-0.2, -0.15) is 16.7 Å². The number of hydrogen-bond acceptors (Lipinski definition) is 5. The van der Waals surface area contributed by atoms with Crippen molar-refractivity contribution in [3.05, 3.63) is 11.7 Å². The lowest BCUT2D eigenvalue weighted by Crippen LogP contribution is -2.11. The highest BCUT2D eigenvalue weighted by atomic mass is 32.2. The summed E-state index contributed by atoms with van der Waals surface area (Å²) in [4.78, 5) is 4.22. The monoisotopic (exact) mass is 201 g/mol. The summed E-state index contributed by atoms with van der Waals surface area (Å²) >= 11 is 1.79. The molecular weight excluding hydrogens is 186 g/mol. The Labute approximate surface area is 82.5 Å². The van der Waals surface area contributed by atoms with E-state index in [2.05, 4.69) is 22.4 Å². The first-order valence-electron chi connectivity index (χ1n) is 4.46. The van der Waals surface area contributed by atoms with Crippen molar-refractivity contribution in [3.8, 4) is 0 Å². The van der Waals surface area contributed by atoms with Crippen LogP contribution in [0.3, 0.4) is 0 Å². The van der Waals surface area contributed by atoms with Gasteiger partial charge in [-0.05, 0) is 12.3 Å². The van der Waals surface area contributed by atoms with Gasteiger partial charge in [-0.15, -0.1) is 0 Å². The SMILES string of the molecule is CCNCc1nc(CSCC)no1. The summed E-state index contributed by atoms with van der Waals surface area (Å²) in [6.07, 6.45) is 0. The van der Waals surface area contributed by atoms with E-state index in [1.54, 1.807) is 11.8 Å². The summed E-state index contributed by atoms with van der Waals surface area (Å²) < 4.78 is 5.03. The van der Waals surface area contributed by atoms with Crippen molar-refractivity contribution in [1.29, 1.82) is 0 Å². The number of nitrogens with zero attached hydrogens (tertiary/aromatic N) is 2. The molecular formula is C8H15N3OS. The van der Waals surface area contributed by atoms with E-state index in [1.165, 1.54) is 0 Å². The average molecular weight is 201 g/mol. The maximum atomic E-state index is 5.03. The molecule has 1 N–H and O–H groups in total.